The van der Waals surface area contributed by atoms with Crippen molar-refractivity contribution in [2.24, 2.45) is 0 Å². The Kier molecular flexibility index (Phi) is 8.44. The minimum absolute atomic E-state index is 0.507. The first kappa shape index (κ1) is 39.4. The number of nitrogens with zero attached hydrogens (tertiary/aromatic N) is 5. The Balaban J connectivity index is 0.890. The van der Waals surface area contributed by atoms with Crippen molar-refractivity contribution >= 4 is 34.1 Å². The molecule has 7 nitrogen and oxygen atoms in total. The van der Waals surface area contributed by atoms with Gasteiger partial charge in [0.15, 0.2) is 40.5 Å². The summed E-state index contributed by atoms with van der Waals surface area (Å²) in [5.74, 6) is 4.97. The van der Waals surface area contributed by atoms with E-state index in [4.69, 9.17) is 24.4 Å². The molecule has 332 valence electrons. The van der Waals surface area contributed by atoms with Crippen LogP contribution in [0.2, 0.25) is 0 Å². The Morgan fingerprint density at radius 1 is 0.282 bits per heavy atom. The first-order valence-corrected chi connectivity index (χ1v) is 23.9. The Morgan fingerprint density at radius 3 is 0.986 bits per heavy atom. The Labute approximate surface area is 410 Å². The molecule has 15 rings (SSSR count). The summed E-state index contributed by atoms with van der Waals surface area (Å²) in [7, 11) is 0. The van der Waals surface area contributed by atoms with E-state index in [1.807, 2.05) is 72.8 Å². The lowest BCUT2D eigenvalue weighted by Gasteiger charge is -2.32. The lowest BCUT2D eigenvalue weighted by molar-refractivity contribution is 0.477. The molecule has 4 aliphatic rings. The maximum Gasteiger partial charge on any atom is 0.164 e. The van der Waals surface area contributed by atoms with Crippen LogP contribution in [0.15, 0.2) is 237 Å². The highest BCUT2D eigenvalue weighted by Gasteiger charge is 2.51. The molecule has 0 atom stereocenters. The van der Waals surface area contributed by atoms with Crippen LogP contribution in [0.3, 0.4) is 0 Å². The molecule has 0 bridgehead atoms. The average Bonchev–Trinajstić information content (AvgIpc) is 3.91. The van der Waals surface area contributed by atoms with Crippen LogP contribution < -0.4 is 19.3 Å². The van der Waals surface area contributed by atoms with Gasteiger partial charge in [0.05, 0.1) is 28.2 Å². The van der Waals surface area contributed by atoms with Crippen LogP contribution >= 0.6 is 0 Å². The molecule has 0 radical (unpaired) electrons. The van der Waals surface area contributed by atoms with Crippen LogP contribution in [0.1, 0.15) is 22.3 Å². The molecule has 1 aromatic heterocycles. The van der Waals surface area contributed by atoms with Gasteiger partial charge in [-0.1, -0.05) is 133 Å². The van der Waals surface area contributed by atoms with E-state index in [0.717, 1.165) is 73.8 Å². The first-order valence-electron chi connectivity index (χ1n) is 23.9. The zero-order chi connectivity index (χ0) is 46.6. The summed E-state index contributed by atoms with van der Waals surface area (Å²) in [6, 6.07) is 83.0. The molecule has 2 aliphatic carbocycles. The van der Waals surface area contributed by atoms with E-state index in [9.17, 15) is 0 Å². The zero-order valence-electron chi connectivity index (χ0n) is 38.1. The number of aromatic nitrogens is 3. The highest BCUT2D eigenvalue weighted by atomic mass is 16.5. The fourth-order valence-corrected chi connectivity index (χ4v) is 11.5. The van der Waals surface area contributed by atoms with Gasteiger partial charge in [-0.3, -0.25) is 0 Å². The Bertz CT molecular complexity index is 3670. The minimum atomic E-state index is -0.507. The molecular formula is C64H39N5O2. The van der Waals surface area contributed by atoms with E-state index >= 15 is 0 Å². The average molecular weight is 910 g/mol. The monoisotopic (exact) mass is 909 g/mol. The number of hydrogen-bond acceptors (Lipinski definition) is 7. The van der Waals surface area contributed by atoms with Gasteiger partial charge in [0.1, 0.15) is 0 Å². The van der Waals surface area contributed by atoms with Crippen molar-refractivity contribution in [3.63, 3.8) is 0 Å². The zero-order valence-corrected chi connectivity index (χ0v) is 38.1. The fourth-order valence-electron chi connectivity index (χ4n) is 11.5. The first-order chi connectivity index (χ1) is 35.2. The van der Waals surface area contributed by atoms with Crippen LogP contribution in [0, 0.1) is 0 Å². The number of ether oxygens (including phenoxy) is 2. The maximum atomic E-state index is 6.34. The molecule has 0 unspecified atom stereocenters. The van der Waals surface area contributed by atoms with E-state index in [0.29, 0.717) is 17.5 Å². The number of rotatable bonds is 5. The van der Waals surface area contributed by atoms with Crippen molar-refractivity contribution in [2.45, 2.75) is 5.41 Å². The summed E-state index contributed by atoms with van der Waals surface area (Å²) in [6.45, 7) is 0. The molecule has 0 amide bonds. The van der Waals surface area contributed by atoms with Crippen molar-refractivity contribution in [1.29, 1.82) is 0 Å². The Morgan fingerprint density at radius 2 is 0.592 bits per heavy atom. The molecule has 0 saturated carbocycles. The van der Waals surface area contributed by atoms with E-state index in [-0.39, 0.29) is 0 Å². The third-order valence-corrected chi connectivity index (χ3v) is 14.5. The number of fused-ring (bicyclic) bond motifs is 14. The normalized spacial score (nSPS) is 13.6. The van der Waals surface area contributed by atoms with Gasteiger partial charge >= 0.3 is 0 Å². The quantitative estimate of drug-likeness (QED) is 0.170. The molecule has 0 saturated heterocycles. The topological polar surface area (TPSA) is 63.6 Å². The lowest BCUT2D eigenvalue weighted by atomic mass is 9.70. The summed E-state index contributed by atoms with van der Waals surface area (Å²) in [5, 5.41) is 0. The van der Waals surface area contributed by atoms with Crippen LogP contribution in [-0.2, 0) is 5.41 Å². The smallest absolute Gasteiger partial charge is 0.164 e. The van der Waals surface area contributed by atoms with Crippen molar-refractivity contribution in [3.05, 3.63) is 259 Å². The van der Waals surface area contributed by atoms with Gasteiger partial charge in [-0.25, -0.2) is 15.0 Å². The molecule has 0 N–H and O–H groups in total. The van der Waals surface area contributed by atoms with Crippen LogP contribution in [0.5, 0.6) is 23.0 Å². The summed E-state index contributed by atoms with van der Waals surface area (Å²) in [6.07, 6.45) is 0. The second kappa shape index (κ2) is 15.2. The second-order valence-electron chi connectivity index (χ2n) is 18.3. The number of para-hydroxylation sites is 8. The van der Waals surface area contributed by atoms with Gasteiger partial charge in [-0.2, -0.15) is 0 Å². The summed E-state index contributed by atoms with van der Waals surface area (Å²) in [4.78, 5) is 20.5. The van der Waals surface area contributed by atoms with Gasteiger partial charge in [0, 0.05) is 28.1 Å². The molecule has 7 heteroatoms. The van der Waals surface area contributed by atoms with Crippen LogP contribution in [0.4, 0.5) is 34.1 Å². The molecule has 2 aliphatic heterocycles. The lowest BCUT2D eigenvalue weighted by Crippen LogP contribution is -2.25. The summed E-state index contributed by atoms with van der Waals surface area (Å²) >= 11 is 0. The molecule has 10 aromatic carbocycles. The maximum absolute atomic E-state index is 6.34. The summed E-state index contributed by atoms with van der Waals surface area (Å²) in [5.41, 5.74) is 18.1. The van der Waals surface area contributed by atoms with Crippen molar-refractivity contribution in [2.75, 3.05) is 9.80 Å². The van der Waals surface area contributed by atoms with Crippen LogP contribution in [-0.4, -0.2) is 15.0 Å². The van der Waals surface area contributed by atoms with Crippen molar-refractivity contribution in [1.82, 2.24) is 15.0 Å². The van der Waals surface area contributed by atoms with Crippen LogP contribution in [0.25, 0.3) is 56.4 Å². The van der Waals surface area contributed by atoms with Crippen molar-refractivity contribution < 1.29 is 9.47 Å². The van der Waals surface area contributed by atoms with Gasteiger partial charge in [-0.05, 0) is 148 Å². The molecular weight excluding hydrogens is 871 g/mol. The third-order valence-electron chi connectivity index (χ3n) is 14.5. The molecule has 3 heterocycles. The van der Waals surface area contributed by atoms with E-state index in [1.54, 1.807) is 0 Å². The molecule has 11 aromatic rings. The molecule has 0 fully saturated rings. The third kappa shape index (κ3) is 5.81. The molecule has 71 heavy (non-hydrogen) atoms. The van der Waals surface area contributed by atoms with E-state index in [1.165, 1.54) is 44.5 Å². The highest BCUT2D eigenvalue weighted by molar-refractivity contribution is 5.96. The Hall–Kier alpha value is -9.59. The van der Waals surface area contributed by atoms with Crippen molar-refractivity contribution in [3.8, 4) is 79.4 Å². The fraction of sp³-hybridized carbons (Fsp3) is 0.0156. The SMILES string of the molecule is c1ccc2c(c1)Oc1ccccc1N2c1ccc(-c2nc(-c3ccc(N4c5ccccc5Oc5ccccc54)cc3)nc(-c3ccc4c(c3)C3(c5ccccc5-c5ccccc53)c3ccccc3-4)n2)cc1. The van der Waals surface area contributed by atoms with E-state index < -0.39 is 5.41 Å². The predicted molar refractivity (Wildman–Crippen MR) is 282 cm³/mol. The van der Waals surface area contributed by atoms with Gasteiger partial charge in [-0.15, -0.1) is 0 Å². The number of benzene rings is 10. The van der Waals surface area contributed by atoms with Gasteiger partial charge < -0.3 is 19.3 Å². The van der Waals surface area contributed by atoms with Gasteiger partial charge in [0.25, 0.3) is 0 Å². The highest BCUT2D eigenvalue weighted by Crippen LogP contribution is 2.63. The van der Waals surface area contributed by atoms with Gasteiger partial charge in [0.2, 0.25) is 0 Å². The number of hydrogen-bond donors (Lipinski definition) is 0. The second-order valence-corrected chi connectivity index (χ2v) is 18.3. The predicted octanol–water partition coefficient (Wildman–Crippen LogP) is 16.4. The summed E-state index contributed by atoms with van der Waals surface area (Å²) < 4.78 is 12.7. The molecule has 1 spiro atoms. The largest absolute Gasteiger partial charge is 0.453 e. The standard InChI is InChI=1S/C64H39N5O2/c1-4-18-49-45(15-1)46-16-2-5-19-50(46)64(49)51-20-6-3-17-47(51)48-38-33-42(39-52(48)64)63-66-61(40-29-34-43(35-30-40)68-53-21-7-11-25-57(53)70-58-26-12-8-22-54(58)68)65-62(67-63)41-31-36-44(37-32-41)69-55-23-9-13-27-59(55)71-60-28-14-10-24-56(60)69/h1-39H. The van der Waals surface area contributed by atoms with E-state index in [2.05, 4.69) is 174 Å². The minimum Gasteiger partial charge on any atom is -0.453 e. The number of anilines is 6.